The molecule has 1 heterocycles. The number of hydrogen-bond acceptors (Lipinski definition) is 4. The first-order valence-electron chi connectivity index (χ1n) is 8.61. The zero-order valence-corrected chi connectivity index (χ0v) is 15.8. The number of carbonyl (C=O) groups excluding carboxylic acids is 1. The Morgan fingerprint density at radius 2 is 2.04 bits per heavy atom. The number of hydrogen-bond donors (Lipinski definition) is 1. The van der Waals surface area contributed by atoms with Crippen LogP contribution in [0.2, 0.25) is 5.02 Å². The van der Waals surface area contributed by atoms with Gasteiger partial charge in [0.1, 0.15) is 6.10 Å². The molecule has 0 bridgehead atoms. The van der Waals surface area contributed by atoms with Crippen LogP contribution in [0.3, 0.4) is 0 Å². The summed E-state index contributed by atoms with van der Waals surface area (Å²) in [6, 6.07) is 13.5. The highest BCUT2D eigenvalue weighted by Crippen LogP contribution is 2.39. The number of methoxy groups -OCH3 is 1. The third kappa shape index (κ3) is 4.29. The van der Waals surface area contributed by atoms with Crippen molar-refractivity contribution in [3.8, 4) is 5.75 Å². The van der Waals surface area contributed by atoms with E-state index in [0.29, 0.717) is 30.5 Å². The van der Waals surface area contributed by atoms with Crippen LogP contribution in [-0.4, -0.2) is 32.2 Å². The van der Waals surface area contributed by atoms with Gasteiger partial charge in [-0.3, -0.25) is 4.79 Å². The average molecular weight is 375 g/mol. The number of para-hydroxylation sites is 1. The molecule has 0 fully saturated rings. The number of halogens is 1. The number of rotatable bonds is 6. The highest BCUT2D eigenvalue weighted by Gasteiger charge is 2.26. The molecule has 0 aromatic heterocycles. The second-order valence-corrected chi connectivity index (χ2v) is 6.78. The standard InChI is InChI=1S/C20H23ClN2O3/c1-14-11-23(18-9-5-8-17(21)20(18)26-14)12-19(24)22-10-15-6-3-4-7-16(15)13-25-2/h3-9,14H,10-13H2,1-2H3,(H,22,24). The molecular weight excluding hydrogens is 352 g/mol. The van der Waals surface area contributed by atoms with E-state index in [2.05, 4.69) is 5.32 Å². The molecule has 26 heavy (non-hydrogen) atoms. The summed E-state index contributed by atoms with van der Waals surface area (Å²) in [5, 5.41) is 3.56. The summed E-state index contributed by atoms with van der Waals surface area (Å²) in [4.78, 5) is 14.5. The number of fused-ring (bicyclic) bond motifs is 1. The number of ether oxygens (including phenoxy) is 2. The van der Waals surface area contributed by atoms with Crippen molar-refractivity contribution in [2.75, 3.05) is 25.1 Å². The lowest BCUT2D eigenvalue weighted by Crippen LogP contribution is -2.44. The van der Waals surface area contributed by atoms with E-state index >= 15 is 0 Å². The van der Waals surface area contributed by atoms with Crippen molar-refractivity contribution in [2.24, 2.45) is 0 Å². The number of carbonyl (C=O) groups is 1. The molecule has 5 nitrogen and oxygen atoms in total. The molecule has 3 rings (SSSR count). The first-order chi connectivity index (χ1) is 12.6. The lowest BCUT2D eigenvalue weighted by molar-refractivity contribution is -0.120. The maximum absolute atomic E-state index is 12.5. The van der Waals surface area contributed by atoms with Gasteiger partial charge in [0.15, 0.2) is 5.75 Å². The van der Waals surface area contributed by atoms with Crippen molar-refractivity contribution >= 4 is 23.2 Å². The van der Waals surface area contributed by atoms with E-state index in [-0.39, 0.29) is 18.6 Å². The van der Waals surface area contributed by atoms with Crippen LogP contribution in [0.15, 0.2) is 42.5 Å². The fourth-order valence-electron chi connectivity index (χ4n) is 3.11. The monoisotopic (exact) mass is 374 g/mol. The fraction of sp³-hybridized carbons (Fsp3) is 0.350. The first kappa shape index (κ1) is 18.5. The molecule has 1 unspecified atom stereocenters. The molecule has 1 atom stereocenters. The number of amides is 1. The Labute approximate surface area is 158 Å². The zero-order valence-electron chi connectivity index (χ0n) is 15.0. The van der Waals surface area contributed by atoms with Gasteiger partial charge in [-0.2, -0.15) is 0 Å². The Balaban J connectivity index is 1.65. The van der Waals surface area contributed by atoms with Crippen molar-refractivity contribution in [1.82, 2.24) is 5.32 Å². The first-order valence-corrected chi connectivity index (χ1v) is 8.99. The fourth-order valence-corrected chi connectivity index (χ4v) is 3.32. The van der Waals surface area contributed by atoms with Gasteiger partial charge in [0.2, 0.25) is 5.91 Å². The number of anilines is 1. The average Bonchev–Trinajstić information content (AvgIpc) is 2.62. The normalized spacial score (nSPS) is 16.0. The van der Waals surface area contributed by atoms with E-state index in [1.807, 2.05) is 48.2 Å². The minimum absolute atomic E-state index is 0.0300. The number of nitrogens with zero attached hydrogens (tertiary/aromatic N) is 1. The molecule has 0 saturated carbocycles. The third-order valence-electron chi connectivity index (χ3n) is 4.31. The Bertz CT molecular complexity index is 781. The Hall–Kier alpha value is -2.24. The van der Waals surface area contributed by atoms with Gasteiger partial charge in [-0.25, -0.2) is 0 Å². The van der Waals surface area contributed by atoms with Gasteiger partial charge in [0.05, 0.1) is 30.4 Å². The predicted octanol–water partition coefficient (Wildman–Crippen LogP) is 3.39. The maximum Gasteiger partial charge on any atom is 0.239 e. The summed E-state index contributed by atoms with van der Waals surface area (Å²) in [6.07, 6.45) is -0.0300. The van der Waals surface area contributed by atoms with Crippen LogP contribution in [0.4, 0.5) is 5.69 Å². The lowest BCUT2D eigenvalue weighted by Gasteiger charge is -2.34. The van der Waals surface area contributed by atoms with Crippen molar-refractivity contribution in [1.29, 1.82) is 0 Å². The number of benzene rings is 2. The highest BCUT2D eigenvalue weighted by molar-refractivity contribution is 6.32. The topological polar surface area (TPSA) is 50.8 Å². The van der Waals surface area contributed by atoms with Gasteiger partial charge in [-0.15, -0.1) is 0 Å². The van der Waals surface area contributed by atoms with E-state index in [4.69, 9.17) is 21.1 Å². The van der Waals surface area contributed by atoms with Crippen molar-refractivity contribution in [2.45, 2.75) is 26.2 Å². The largest absolute Gasteiger partial charge is 0.485 e. The molecule has 0 radical (unpaired) electrons. The summed E-state index contributed by atoms with van der Waals surface area (Å²) in [5.74, 6) is 0.600. The van der Waals surface area contributed by atoms with Crippen LogP contribution in [0.25, 0.3) is 0 Å². The van der Waals surface area contributed by atoms with E-state index in [0.717, 1.165) is 16.8 Å². The summed E-state index contributed by atoms with van der Waals surface area (Å²) >= 11 is 6.23. The van der Waals surface area contributed by atoms with Crippen molar-refractivity contribution < 1.29 is 14.3 Å². The van der Waals surface area contributed by atoms with Crippen LogP contribution < -0.4 is 15.0 Å². The summed E-state index contributed by atoms with van der Waals surface area (Å²) in [6.45, 7) is 3.87. The zero-order chi connectivity index (χ0) is 18.5. The summed E-state index contributed by atoms with van der Waals surface area (Å²) in [5.41, 5.74) is 2.99. The van der Waals surface area contributed by atoms with Crippen LogP contribution in [-0.2, 0) is 22.7 Å². The van der Waals surface area contributed by atoms with Crippen LogP contribution in [0.1, 0.15) is 18.1 Å². The van der Waals surface area contributed by atoms with Crippen LogP contribution in [0, 0.1) is 0 Å². The molecule has 2 aromatic rings. The Morgan fingerprint density at radius 1 is 1.27 bits per heavy atom. The van der Waals surface area contributed by atoms with Gasteiger partial charge in [-0.1, -0.05) is 41.9 Å². The van der Waals surface area contributed by atoms with Gasteiger partial charge >= 0.3 is 0 Å². The Kier molecular flexibility index (Phi) is 6.01. The van der Waals surface area contributed by atoms with Crippen molar-refractivity contribution in [3.63, 3.8) is 0 Å². The molecule has 1 aliphatic heterocycles. The minimum Gasteiger partial charge on any atom is -0.485 e. The summed E-state index contributed by atoms with van der Waals surface area (Å²) < 4.78 is 11.0. The third-order valence-corrected chi connectivity index (χ3v) is 4.61. The minimum atomic E-state index is -0.0442. The van der Waals surface area contributed by atoms with Gasteiger partial charge in [0.25, 0.3) is 0 Å². The lowest BCUT2D eigenvalue weighted by atomic mass is 10.1. The Morgan fingerprint density at radius 3 is 2.81 bits per heavy atom. The molecule has 0 spiro atoms. The predicted molar refractivity (Wildman–Crippen MR) is 103 cm³/mol. The quantitative estimate of drug-likeness (QED) is 0.842. The molecule has 0 aliphatic carbocycles. The van der Waals surface area contributed by atoms with Gasteiger partial charge in [0, 0.05) is 13.7 Å². The van der Waals surface area contributed by atoms with E-state index in [1.165, 1.54) is 0 Å². The SMILES string of the molecule is COCc1ccccc1CNC(=O)CN1CC(C)Oc2c(Cl)cccc21. The molecule has 138 valence electrons. The molecule has 2 aromatic carbocycles. The smallest absolute Gasteiger partial charge is 0.239 e. The van der Waals surface area contributed by atoms with Crippen LogP contribution >= 0.6 is 11.6 Å². The van der Waals surface area contributed by atoms with E-state index < -0.39 is 0 Å². The van der Waals surface area contributed by atoms with E-state index in [9.17, 15) is 4.79 Å². The molecule has 6 heteroatoms. The highest BCUT2D eigenvalue weighted by atomic mass is 35.5. The summed E-state index contributed by atoms with van der Waals surface area (Å²) in [7, 11) is 1.66. The van der Waals surface area contributed by atoms with Gasteiger partial charge < -0.3 is 19.7 Å². The molecule has 1 N–H and O–H groups in total. The van der Waals surface area contributed by atoms with Gasteiger partial charge in [-0.05, 0) is 30.2 Å². The second-order valence-electron chi connectivity index (χ2n) is 6.38. The molecule has 1 amide bonds. The maximum atomic E-state index is 12.5. The number of nitrogens with one attached hydrogen (secondary N) is 1. The molecule has 0 saturated heterocycles. The molecule has 1 aliphatic rings. The second kappa shape index (κ2) is 8.43. The van der Waals surface area contributed by atoms with Crippen molar-refractivity contribution in [3.05, 3.63) is 58.6 Å². The van der Waals surface area contributed by atoms with E-state index in [1.54, 1.807) is 13.2 Å². The molecular formula is C20H23ClN2O3. The van der Waals surface area contributed by atoms with Crippen LogP contribution in [0.5, 0.6) is 5.75 Å².